The van der Waals surface area contributed by atoms with Crippen molar-refractivity contribution in [3.05, 3.63) is 98.0 Å². The summed E-state index contributed by atoms with van der Waals surface area (Å²) in [7, 11) is 0. The Hall–Kier alpha value is -4.35. The van der Waals surface area contributed by atoms with E-state index >= 15 is 8.78 Å². The molecule has 13 heteroatoms. The number of carbonyl (C=O) groups is 1. The molecule has 212 valence electrons. The van der Waals surface area contributed by atoms with Crippen molar-refractivity contribution in [2.24, 2.45) is 5.92 Å². The summed E-state index contributed by atoms with van der Waals surface area (Å²) in [4.78, 5) is 32.4. The fraction of sp³-hybridized carbons (Fsp3) is 0.207. The molecule has 0 spiro atoms. The van der Waals surface area contributed by atoms with Gasteiger partial charge in [-0.15, -0.1) is 5.10 Å². The summed E-state index contributed by atoms with van der Waals surface area (Å²) in [6.07, 6.45) is 2.43. The summed E-state index contributed by atoms with van der Waals surface area (Å²) in [6.45, 7) is 1.95. The van der Waals surface area contributed by atoms with Gasteiger partial charge in [0.25, 0.3) is 5.56 Å². The van der Waals surface area contributed by atoms with Crippen molar-refractivity contribution < 1.29 is 13.6 Å². The molecule has 1 amide bonds. The van der Waals surface area contributed by atoms with E-state index in [1.165, 1.54) is 16.8 Å². The highest BCUT2D eigenvalue weighted by Crippen LogP contribution is 2.39. The molecule has 0 fully saturated rings. The molecule has 2 aliphatic rings. The van der Waals surface area contributed by atoms with Gasteiger partial charge in [0.1, 0.15) is 17.3 Å². The first kappa shape index (κ1) is 26.5. The minimum atomic E-state index is -0.871. The molecule has 5 heterocycles. The number of aromatic amines is 1. The molecule has 2 aromatic carbocycles. The number of aromatic nitrogens is 6. The number of hydrogen-bond acceptors (Lipinski definition) is 5. The lowest BCUT2D eigenvalue weighted by Gasteiger charge is -2.19. The van der Waals surface area contributed by atoms with Gasteiger partial charge >= 0.3 is 0 Å². The minimum Gasteiger partial charge on any atom is -0.338 e. The summed E-state index contributed by atoms with van der Waals surface area (Å²) in [5.74, 6) is -1.59. The van der Waals surface area contributed by atoms with Crippen LogP contribution in [0, 0.1) is 17.7 Å². The van der Waals surface area contributed by atoms with E-state index in [2.05, 4.69) is 25.6 Å². The average Bonchev–Trinajstić information content (AvgIpc) is 3.64. The number of anilines is 1. The number of pyridine rings is 1. The van der Waals surface area contributed by atoms with Crippen molar-refractivity contribution >= 4 is 34.8 Å². The molecule has 0 saturated heterocycles. The van der Waals surface area contributed by atoms with Gasteiger partial charge in [-0.25, -0.2) is 14.1 Å². The van der Waals surface area contributed by atoms with Crippen molar-refractivity contribution in [1.82, 2.24) is 29.5 Å². The van der Waals surface area contributed by atoms with Gasteiger partial charge < -0.3 is 14.9 Å². The number of nitrogens with one attached hydrogen (secondary N) is 2. The molecule has 0 aliphatic carbocycles. The molecule has 0 unspecified atom stereocenters. The topological polar surface area (TPSA) is 110 Å². The average molecular weight is 608 g/mol. The number of halogens is 4. The first-order valence-corrected chi connectivity index (χ1v) is 13.9. The van der Waals surface area contributed by atoms with Crippen LogP contribution < -0.4 is 10.9 Å². The van der Waals surface area contributed by atoms with Gasteiger partial charge in [-0.2, -0.15) is 4.39 Å². The van der Waals surface area contributed by atoms with E-state index in [0.29, 0.717) is 39.5 Å². The monoisotopic (exact) mass is 607 g/mol. The lowest BCUT2D eigenvalue weighted by atomic mass is 9.98. The third-order valence-corrected chi connectivity index (χ3v) is 8.23. The number of rotatable bonds is 4. The zero-order valence-corrected chi connectivity index (χ0v) is 23.5. The van der Waals surface area contributed by atoms with Crippen molar-refractivity contribution in [1.29, 1.82) is 0 Å². The van der Waals surface area contributed by atoms with E-state index in [4.69, 9.17) is 23.2 Å². The molecule has 0 radical (unpaired) electrons. The van der Waals surface area contributed by atoms with Gasteiger partial charge in [-0.05, 0) is 60.7 Å². The molecule has 2 N–H and O–H groups in total. The number of carbonyl (C=O) groups excluding carboxylic acids is 1. The van der Waals surface area contributed by atoms with Crippen LogP contribution in [0.3, 0.4) is 0 Å². The van der Waals surface area contributed by atoms with Crippen molar-refractivity contribution in [3.8, 4) is 28.1 Å². The molecule has 42 heavy (non-hydrogen) atoms. The summed E-state index contributed by atoms with van der Waals surface area (Å²) < 4.78 is 33.8. The molecule has 0 saturated carbocycles. The van der Waals surface area contributed by atoms with Crippen LogP contribution in [0.5, 0.6) is 0 Å². The normalized spacial score (nSPS) is 17.7. The van der Waals surface area contributed by atoms with E-state index in [0.717, 1.165) is 5.69 Å². The van der Waals surface area contributed by atoms with Crippen LogP contribution in [-0.4, -0.2) is 35.4 Å². The molecule has 5 aromatic rings. The van der Waals surface area contributed by atoms with E-state index in [1.807, 2.05) is 13.0 Å². The second kappa shape index (κ2) is 9.88. The molecule has 9 nitrogen and oxygen atoms in total. The van der Waals surface area contributed by atoms with Crippen molar-refractivity contribution in [3.63, 3.8) is 0 Å². The molecule has 0 bridgehead atoms. The Bertz CT molecular complexity index is 1980. The standard InChI is InChI=1S/C29H21Cl2F2N7O2/c1-13-8-16-9-14(19-11-15(30)2-6-21(19)39-12-22(31)37-38-39)10-24(42)40(16)27(13)29-35-26(28(33)36-29)18-3-5-20-17(25(18)32)4-7-23(41)34-20/h2-3,5-6,9-13,27H,4,7-8H2,1H3,(H,34,41)(H,35,36)/t13-,27-/m0/s1. The van der Waals surface area contributed by atoms with E-state index in [1.54, 1.807) is 35.0 Å². The Morgan fingerprint density at radius 3 is 2.64 bits per heavy atom. The fourth-order valence-electron chi connectivity index (χ4n) is 5.97. The van der Waals surface area contributed by atoms with Crippen molar-refractivity contribution in [2.45, 2.75) is 32.2 Å². The Balaban J connectivity index is 1.29. The summed E-state index contributed by atoms with van der Waals surface area (Å²) in [6, 6.07) is 11.0. The third-order valence-electron chi connectivity index (χ3n) is 7.82. The first-order valence-electron chi connectivity index (χ1n) is 13.2. The van der Waals surface area contributed by atoms with Gasteiger partial charge in [-0.1, -0.05) is 35.3 Å². The summed E-state index contributed by atoms with van der Waals surface area (Å²) >= 11 is 12.3. The Morgan fingerprint density at radius 1 is 1.02 bits per heavy atom. The van der Waals surface area contributed by atoms with Crippen LogP contribution in [0.4, 0.5) is 14.5 Å². The van der Waals surface area contributed by atoms with Crippen LogP contribution in [0.1, 0.15) is 36.5 Å². The highest BCUT2D eigenvalue weighted by molar-refractivity contribution is 6.31. The lowest BCUT2D eigenvalue weighted by Crippen LogP contribution is -2.26. The largest absolute Gasteiger partial charge is 0.338 e. The molecule has 2 atom stereocenters. The SMILES string of the molecule is C[C@H]1Cc2cc(-c3cc(Cl)ccc3-n3cc(Cl)nn3)cc(=O)n2[C@@H]1c1nc(F)c(-c2ccc3c(c2F)CCC(=O)N3)[nH]1. The third kappa shape index (κ3) is 4.31. The van der Waals surface area contributed by atoms with Gasteiger partial charge in [0.05, 0.1) is 17.9 Å². The number of imidazole rings is 1. The molecule has 7 rings (SSSR count). The second-order valence-electron chi connectivity index (χ2n) is 10.5. The van der Waals surface area contributed by atoms with Gasteiger partial charge in [-0.3, -0.25) is 9.59 Å². The second-order valence-corrected chi connectivity index (χ2v) is 11.3. The van der Waals surface area contributed by atoms with Crippen LogP contribution >= 0.6 is 23.2 Å². The van der Waals surface area contributed by atoms with Crippen LogP contribution in [-0.2, 0) is 17.6 Å². The van der Waals surface area contributed by atoms with Crippen LogP contribution in [0.15, 0.2) is 53.5 Å². The summed E-state index contributed by atoms with van der Waals surface area (Å²) in [5, 5.41) is 11.2. The number of H-pyrrole nitrogens is 1. The molecular formula is C29H21Cl2F2N7O2. The van der Waals surface area contributed by atoms with Gasteiger partial charge in [0.15, 0.2) is 5.15 Å². The van der Waals surface area contributed by atoms with Crippen LogP contribution in [0.2, 0.25) is 10.2 Å². The number of nitrogens with zero attached hydrogens (tertiary/aromatic N) is 5. The quantitative estimate of drug-likeness (QED) is 0.271. The molecule has 2 aliphatic heterocycles. The highest BCUT2D eigenvalue weighted by atomic mass is 35.5. The van der Waals surface area contributed by atoms with E-state index in [-0.39, 0.29) is 52.5 Å². The Labute approximate surface area is 247 Å². The zero-order chi connectivity index (χ0) is 29.3. The maximum Gasteiger partial charge on any atom is 0.252 e. The molecular weight excluding hydrogens is 587 g/mol. The Morgan fingerprint density at radius 2 is 1.86 bits per heavy atom. The maximum atomic E-state index is 15.5. The van der Waals surface area contributed by atoms with Crippen LogP contribution in [0.25, 0.3) is 28.1 Å². The smallest absolute Gasteiger partial charge is 0.252 e. The molecule has 3 aromatic heterocycles. The Kier molecular flexibility index (Phi) is 6.25. The van der Waals surface area contributed by atoms with Gasteiger partial charge in [0, 0.05) is 45.6 Å². The first-order chi connectivity index (χ1) is 20.2. The zero-order valence-electron chi connectivity index (χ0n) is 22.0. The highest BCUT2D eigenvalue weighted by Gasteiger charge is 2.35. The minimum absolute atomic E-state index is 0.0106. The fourth-order valence-corrected chi connectivity index (χ4v) is 6.26. The van der Waals surface area contributed by atoms with Crippen molar-refractivity contribution in [2.75, 3.05) is 5.32 Å². The number of amides is 1. The predicted octanol–water partition coefficient (Wildman–Crippen LogP) is 5.74. The number of benzene rings is 2. The maximum absolute atomic E-state index is 15.5. The lowest BCUT2D eigenvalue weighted by molar-refractivity contribution is -0.116. The summed E-state index contributed by atoms with van der Waals surface area (Å²) in [5.41, 5.74) is 2.93. The number of hydrogen-bond donors (Lipinski definition) is 2. The van der Waals surface area contributed by atoms with Gasteiger partial charge in [0.2, 0.25) is 11.9 Å². The number of fused-ring (bicyclic) bond motifs is 2. The predicted molar refractivity (Wildman–Crippen MR) is 153 cm³/mol. The van der Waals surface area contributed by atoms with E-state index in [9.17, 15) is 9.59 Å². The van der Waals surface area contributed by atoms with E-state index < -0.39 is 17.8 Å².